The van der Waals surface area contributed by atoms with E-state index in [0.717, 1.165) is 103 Å². The summed E-state index contributed by atoms with van der Waals surface area (Å²) >= 11 is 0. The summed E-state index contributed by atoms with van der Waals surface area (Å²) in [5.74, 6) is -1.21. The Balaban J connectivity index is 2.50. The third-order valence-electron chi connectivity index (χ3n) is 10.6. The first-order valence-corrected chi connectivity index (χ1v) is 25.6. The van der Waals surface area contributed by atoms with Crippen LogP contribution in [-0.2, 0) is 32.7 Å². The fourth-order valence-electron chi connectivity index (χ4n) is 6.54. The molecule has 0 saturated heterocycles. The van der Waals surface area contributed by atoms with Crippen LogP contribution in [0.25, 0.3) is 0 Å². The van der Waals surface area contributed by atoms with Crippen molar-refractivity contribution in [3.63, 3.8) is 0 Å². The zero-order valence-corrected chi connectivity index (χ0v) is 40.4. The normalized spacial score (nSPS) is 22.6. The lowest BCUT2D eigenvalue weighted by atomic mass is 9.85. The number of phosphoric ester groups is 1. The van der Waals surface area contributed by atoms with Gasteiger partial charge in [0.15, 0.2) is 6.10 Å². The maximum absolute atomic E-state index is 12.8. The molecule has 9 atom stereocenters. The van der Waals surface area contributed by atoms with Crippen LogP contribution in [-0.4, -0.2) is 110 Å². The molecule has 0 aromatic rings. The van der Waals surface area contributed by atoms with Gasteiger partial charge in [-0.15, -0.1) is 0 Å². The van der Waals surface area contributed by atoms with E-state index in [0.29, 0.717) is 19.3 Å². The zero-order valence-electron chi connectivity index (χ0n) is 39.6. The molecule has 0 radical (unpaired) electrons. The van der Waals surface area contributed by atoms with Crippen molar-refractivity contribution in [1.82, 2.24) is 0 Å². The molecule has 14 nitrogen and oxygen atoms in total. The minimum Gasteiger partial charge on any atom is -0.462 e. The number of aliphatic hydroxyl groups excluding tert-OH is 6. The van der Waals surface area contributed by atoms with Crippen molar-refractivity contribution in [2.75, 3.05) is 13.2 Å². The molecule has 1 fully saturated rings. The Labute approximate surface area is 394 Å². The van der Waals surface area contributed by atoms with Gasteiger partial charge in [-0.25, -0.2) is 4.57 Å². The summed E-state index contributed by atoms with van der Waals surface area (Å²) in [4.78, 5) is 35.7. The summed E-state index contributed by atoms with van der Waals surface area (Å²) in [5.41, 5.74) is 0. The second kappa shape index (κ2) is 39.7. The SMILES string of the molecule is CC/C=C\C/C=C\C/C=C\C/C=C\CCCCCCCCC(=O)OC[C@H](COP(=O)(O)OC1[C@H](O)[C@H](O)C(O)[C@H](O)[C@H]1O)OC(=O)CCC/C=C\C/C=C\C/C=C\C/C=C\CC[C@H](O)CC. The van der Waals surface area contributed by atoms with E-state index in [2.05, 4.69) is 85.9 Å². The van der Waals surface area contributed by atoms with Crippen LogP contribution in [0.3, 0.4) is 0 Å². The van der Waals surface area contributed by atoms with Crippen molar-refractivity contribution in [3.05, 3.63) is 97.2 Å². The average Bonchev–Trinajstić information content (AvgIpc) is 3.30. The van der Waals surface area contributed by atoms with Crippen LogP contribution in [0.15, 0.2) is 97.2 Å². The number of phosphoric acid groups is 1. The first-order chi connectivity index (χ1) is 31.8. The Hall–Kier alpha value is -3.27. The smallest absolute Gasteiger partial charge is 0.462 e. The quantitative estimate of drug-likeness (QED) is 0.0133. The van der Waals surface area contributed by atoms with E-state index in [4.69, 9.17) is 18.5 Å². The second-order valence-corrected chi connectivity index (χ2v) is 17.8. The third kappa shape index (κ3) is 31.7. The highest BCUT2D eigenvalue weighted by atomic mass is 31.2. The fourth-order valence-corrected chi connectivity index (χ4v) is 7.52. The molecule has 1 rings (SSSR count). The molecule has 0 heterocycles. The largest absolute Gasteiger partial charge is 0.472 e. The number of hydrogen-bond acceptors (Lipinski definition) is 13. The van der Waals surface area contributed by atoms with Gasteiger partial charge in [0.2, 0.25) is 0 Å². The van der Waals surface area contributed by atoms with Crippen molar-refractivity contribution >= 4 is 19.8 Å². The summed E-state index contributed by atoms with van der Waals surface area (Å²) in [6, 6.07) is 0. The Kier molecular flexibility index (Phi) is 36.5. The van der Waals surface area contributed by atoms with Gasteiger partial charge in [0, 0.05) is 12.8 Å². The van der Waals surface area contributed by atoms with Crippen molar-refractivity contribution in [3.8, 4) is 0 Å². The molecular weight excluding hydrogens is 868 g/mol. The van der Waals surface area contributed by atoms with Gasteiger partial charge in [-0.2, -0.15) is 0 Å². The monoisotopic (exact) mass is 951 g/mol. The molecule has 7 N–H and O–H groups in total. The van der Waals surface area contributed by atoms with Gasteiger partial charge in [-0.1, -0.05) is 137 Å². The lowest BCUT2D eigenvalue weighted by Gasteiger charge is -2.41. The van der Waals surface area contributed by atoms with Crippen LogP contribution in [0.1, 0.15) is 149 Å². The molecule has 1 aliphatic rings. The Morgan fingerprint density at radius 3 is 1.47 bits per heavy atom. The number of esters is 2. The van der Waals surface area contributed by atoms with E-state index in [1.165, 1.54) is 0 Å². The number of hydrogen-bond donors (Lipinski definition) is 7. The van der Waals surface area contributed by atoms with Crippen LogP contribution < -0.4 is 0 Å². The van der Waals surface area contributed by atoms with Gasteiger partial charge in [0.1, 0.15) is 43.2 Å². The molecule has 0 amide bonds. The summed E-state index contributed by atoms with van der Waals surface area (Å²) in [5, 5.41) is 59.8. The first-order valence-electron chi connectivity index (χ1n) is 24.1. The molecule has 1 aliphatic carbocycles. The number of carbonyl (C=O) groups is 2. The number of unbranched alkanes of at least 4 members (excludes halogenated alkanes) is 7. The number of aliphatic hydroxyl groups is 6. The van der Waals surface area contributed by atoms with Crippen molar-refractivity contribution in [1.29, 1.82) is 0 Å². The Bertz CT molecular complexity index is 1540. The topological polar surface area (TPSA) is 230 Å². The van der Waals surface area contributed by atoms with Gasteiger partial charge in [0.25, 0.3) is 0 Å². The van der Waals surface area contributed by atoms with Gasteiger partial charge in [-0.3, -0.25) is 18.6 Å². The third-order valence-corrected chi connectivity index (χ3v) is 11.6. The van der Waals surface area contributed by atoms with E-state index >= 15 is 0 Å². The van der Waals surface area contributed by atoms with Crippen LogP contribution in [0.2, 0.25) is 0 Å². The summed E-state index contributed by atoms with van der Waals surface area (Å²) in [6.45, 7) is 2.84. The minimum atomic E-state index is -5.15. The molecule has 1 saturated carbocycles. The Morgan fingerprint density at radius 2 is 0.955 bits per heavy atom. The maximum Gasteiger partial charge on any atom is 0.472 e. The standard InChI is InChI=1S/C51H83O14P/c1-3-5-6-7-8-9-10-11-12-13-14-15-16-20-23-26-29-32-35-38-44(53)62-40-43(41-63-66(60,61)65-51-49(58)47(56)46(55)48(57)50(51)59)64-45(54)39-36-33-30-27-24-21-18-17-19-22-25-28-31-34-37-42(52)4-2/h5-6,8-9,11-12,14-15,18-19,21-22,27-28,30-31,42-43,46-52,55-59H,3-4,7,10,13,16-17,20,23-26,29,32-41H2,1-2H3,(H,60,61)/b6-5-,9-8-,12-11-,15-14-,21-18-,22-19-,30-27-,31-28-/t42-,43-,46?,47-,48+,49-,50-,51?/m1/s1. The number of allylic oxidation sites excluding steroid dienone is 16. The van der Waals surface area contributed by atoms with Crippen LogP contribution in [0.4, 0.5) is 0 Å². The van der Waals surface area contributed by atoms with Crippen LogP contribution in [0.5, 0.6) is 0 Å². The van der Waals surface area contributed by atoms with Gasteiger partial charge >= 0.3 is 19.8 Å². The Morgan fingerprint density at radius 1 is 0.530 bits per heavy atom. The maximum atomic E-state index is 12.8. The van der Waals surface area contributed by atoms with Gasteiger partial charge in [-0.05, 0) is 96.3 Å². The number of carbonyl (C=O) groups excluding carboxylic acids is 2. The molecule has 376 valence electrons. The summed E-state index contributed by atoms with van der Waals surface area (Å²) in [7, 11) is -5.15. The van der Waals surface area contributed by atoms with Crippen molar-refractivity contribution in [2.24, 2.45) is 0 Å². The van der Waals surface area contributed by atoms with Crippen molar-refractivity contribution in [2.45, 2.75) is 198 Å². The highest BCUT2D eigenvalue weighted by Gasteiger charge is 2.51. The highest BCUT2D eigenvalue weighted by molar-refractivity contribution is 7.47. The molecule has 3 unspecified atom stereocenters. The summed E-state index contributed by atoms with van der Waals surface area (Å²) < 4.78 is 33.5. The van der Waals surface area contributed by atoms with E-state index in [-0.39, 0.29) is 18.9 Å². The minimum absolute atomic E-state index is 0.00164. The van der Waals surface area contributed by atoms with Crippen LogP contribution >= 0.6 is 7.82 Å². The van der Waals surface area contributed by atoms with E-state index in [1.54, 1.807) is 0 Å². The lowest BCUT2D eigenvalue weighted by Crippen LogP contribution is -2.64. The molecule has 0 bridgehead atoms. The first kappa shape index (κ1) is 60.7. The van der Waals surface area contributed by atoms with E-state index < -0.39 is 75.7 Å². The van der Waals surface area contributed by atoms with E-state index in [9.17, 15) is 49.7 Å². The molecule has 15 heteroatoms. The second-order valence-electron chi connectivity index (χ2n) is 16.4. The van der Waals surface area contributed by atoms with Gasteiger partial charge < -0.3 is 45.0 Å². The molecule has 0 aliphatic heterocycles. The molecule has 0 aromatic carbocycles. The van der Waals surface area contributed by atoms with Crippen molar-refractivity contribution < 1.29 is 68.2 Å². The molecular formula is C51H83O14P. The lowest BCUT2D eigenvalue weighted by molar-refractivity contribution is -0.220. The number of rotatable bonds is 38. The zero-order chi connectivity index (χ0) is 48.7. The number of ether oxygens (including phenoxy) is 2. The predicted molar refractivity (Wildman–Crippen MR) is 259 cm³/mol. The fraction of sp³-hybridized carbons (Fsp3) is 0.647. The summed E-state index contributed by atoms with van der Waals surface area (Å²) in [6.07, 6.45) is 36.8. The average molecular weight is 951 g/mol. The molecule has 66 heavy (non-hydrogen) atoms. The van der Waals surface area contributed by atoms with Gasteiger partial charge in [0.05, 0.1) is 12.7 Å². The molecule has 0 aromatic heterocycles. The molecule has 0 spiro atoms. The highest BCUT2D eigenvalue weighted by Crippen LogP contribution is 2.47. The van der Waals surface area contributed by atoms with E-state index in [1.807, 2.05) is 25.2 Å². The van der Waals surface area contributed by atoms with Crippen LogP contribution in [0, 0.1) is 0 Å². The predicted octanol–water partition coefficient (Wildman–Crippen LogP) is 8.80.